The van der Waals surface area contributed by atoms with Crippen LogP contribution in [-0.2, 0) is 6.54 Å². The molecule has 3 heteroatoms. The van der Waals surface area contributed by atoms with E-state index in [0.29, 0.717) is 5.02 Å². The summed E-state index contributed by atoms with van der Waals surface area (Å²) in [5.41, 5.74) is 1.21. The Bertz CT molecular complexity index is 558. The topological polar surface area (TPSA) is 21.3 Å². The molecule has 0 heterocycles. The van der Waals surface area contributed by atoms with Crippen LogP contribution in [0.4, 0.5) is 0 Å². The molecule has 0 amide bonds. The molecule has 2 aromatic carbocycles. The van der Waals surface area contributed by atoms with E-state index >= 15 is 0 Å². The quantitative estimate of drug-likeness (QED) is 0.853. The van der Waals surface area contributed by atoms with Gasteiger partial charge in [0.25, 0.3) is 0 Å². The molecule has 0 aliphatic carbocycles. The van der Waals surface area contributed by atoms with E-state index in [1.807, 2.05) is 42.5 Å². The van der Waals surface area contributed by atoms with Crippen LogP contribution in [0, 0.1) is 0 Å². The van der Waals surface area contributed by atoms with Gasteiger partial charge in [-0.05, 0) is 51.1 Å². The highest BCUT2D eigenvalue weighted by atomic mass is 35.5. The van der Waals surface area contributed by atoms with E-state index in [9.17, 15) is 0 Å². The molecule has 2 rings (SSSR count). The molecule has 0 bridgehead atoms. The number of halogens is 1. The van der Waals surface area contributed by atoms with E-state index in [2.05, 4.69) is 32.2 Å². The molecule has 0 aromatic heterocycles. The van der Waals surface area contributed by atoms with E-state index in [1.165, 1.54) is 0 Å². The molecule has 0 fully saturated rings. The molecule has 0 saturated carbocycles. The molecular formula is C17H20ClNO. The Kier molecular flexibility index (Phi) is 4.69. The van der Waals surface area contributed by atoms with Crippen LogP contribution in [0.5, 0.6) is 11.5 Å². The fourth-order valence-electron chi connectivity index (χ4n) is 1.74. The van der Waals surface area contributed by atoms with Crippen molar-refractivity contribution >= 4 is 11.6 Å². The lowest BCUT2D eigenvalue weighted by Gasteiger charge is -2.21. The number of para-hydroxylation sites is 1. The number of benzene rings is 2. The molecule has 0 unspecified atom stereocenters. The Hall–Kier alpha value is -1.51. The Labute approximate surface area is 125 Å². The predicted octanol–water partition coefficient (Wildman–Crippen LogP) is 5.02. The van der Waals surface area contributed by atoms with Crippen LogP contribution in [0.2, 0.25) is 5.02 Å². The highest BCUT2D eigenvalue weighted by Crippen LogP contribution is 2.26. The van der Waals surface area contributed by atoms with Crippen LogP contribution in [0.3, 0.4) is 0 Å². The van der Waals surface area contributed by atoms with Crippen molar-refractivity contribution in [2.45, 2.75) is 32.9 Å². The summed E-state index contributed by atoms with van der Waals surface area (Å²) in [5.74, 6) is 1.66. The SMILES string of the molecule is CC(C)(C)NCc1ccccc1Oc1ccc(Cl)cc1. The Balaban J connectivity index is 2.13. The number of rotatable bonds is 4. The average Bonchev–Trinajstić information content (AvgIpc) is 2.39. The van der Waals surface area contributed by atoms with Gasteiger partial charge in [0, 0.05) is 22.7 Å². The first-order chi connectivity index (χ1) is 9.44. The van der Waals surface area contributed by atoms with Gasteiger partial charge in [0.1, 0.15) is 11.5 Å². The van der Waals surface area contributed by atoms with Gasteiger partial charge in [-0.1, -0.05) is 29.8 Å². The molecule has 1 N–H and O–H groups in total. The zero-order valence-corrected chi connectivity index (χ0v) is 12.9. The minimum absolute atomic E-state index is 0.0768. The summed E-state index contributed by atoms with van der Waals surface area (Å²) in [6.07, 6.45) is 0. The number of hydrogen-bond donors (Lipinski definition) is 1. The van der Waals surface area contributed by atoms with Crippen molar-refractivity contribution in [3.05, 3.63) is 59.1 Å². The first-order valence-electron chi connectivity index (χ1n) is 6.70. The highest BCUT2D eigenvalue weighted by molar-refractivity contribution is 6.30. The summed E-state index contributed by atoms with van der Waals surface area (Å²) in [6.45, 7) is 7.22. The fourth-order valence-corrected chi connectivity index (χ4v) is 1.87. The molecule has 20 heavy (non-hydrogen) atoms. The number of ether oxygens (including phenoxy) is 1. The van der Waals surface area contributed by atoms with Gasteiger partial charge in [0.2, 0.25) is 0 Å². The molecule has 2 aromatic rings. The lowest BCUT2D eigenvalue weighted by atomic mass is 10.1. The van der Waals surface area contributed by atoms with Crippen molar-refractivity contribution in [2.75, 3.05) is 0 Å². The lowest BCUT2D eigenvalue weighted by molar-refractivity contribution is 0.414. The summed E-state index contributed by atoms with van der Waals surface area (Å²) < 4.78 is 5.93. The van der Waals surface area contributed by atoms with Crippen LogP contribution in [0.25, 0.3) is 0 Å². The minimum atomic E-state index is 0.0768. The van der Waals surface area contributed by atoms with Crippen molar-refractivity contribution in [1.29, 1.82) is 0 Å². The van der Waals surface area contributed by atoms with E-state index < -0.39 is 0 Å². The maximum absolute atomic E-state index is 5.93. The Morgan fingerprint density at radius 3 is 2.30 bits per heavy atom. The summed E-state index contributed by atoms with van der Waals surface area (Å²) in [7, 11) is 0. The van der Waals surface area contributed by atoms with Crippen LogP contribution < -0.4 is 10.1 Å². The van der Waals surface area contributed by atoms with Gasteiger partial charge in [-0.2, -0.15) is 0 Å². The predicted molar refractivity (Wildman–Crippen MR) is 84.6 cm³/mol. The monoisotopic (exact) mass is 289 g/mol. The van der Waals surface area contributed by atoms with Crippen molar-refractivity contribution in [1.82, 2.24) is 5.32 Å². The molecule has 106 valence electrons. The first kappa shape index (κ1) is 14.9. The molecule has 0 aliphatic heterocycles. The van der Waals surface area contributed by atoms with E-state index in [-0.39, 0.29) is 5.54 Å². The summed E-state index contributed by atoms with van der Waals surface area (Å²) in [5, 5.41) is 4.18. The van der Waals surface area contributed by atoms with Gasteiger partial charge >= 0.3 is 0 Å². The second-order valence-electron chi connectivity index (χ2n) is 5.77. The zero-order chi connectivity index (χ0) is 14.6. The highest BCUT2D eigenvalue weighted by Gasteiger charge is 2.11. The fraction of sp³-hybridized carbons (Fsp3) is 0.294. The third kappa shape index (κ3) is 4.55. The third-order valence-corrected chi connectivity index (χ3v) is 3.08. The Morgan fingerprint density at radius 2 is 1.65 bits per heavy atom. The van der Waals surface area contributed by atoms with Gasteiger partial charge < -0.3 is 10.1 Å². The van der Waals surface area contributed by atoms with Gasteiger partial charge in [0.15, 0.2) is 0 Å². The van der Waals surface area contributed by atoms with E-state index in [0.717, 1.165) is 23.6 Å². The van der Waals surface area contributed by atoms with Crippen LogP contribution in [0.15, 0.2) is 48.5 Å². The average molecular weight is 290 g/mol. The standard InChI is InChI=1S/C17H20ClNO/c1-17(2,3)19-12-13-6-4-5-7-16(13)20-15-10-8-14(18)9-11-15/h4-11,19H,12H2,1-3H3. The zero-order valence-electron chi connectivity index (χ0n) is 12.1. The van der Waals surface area contributed by atoms with Crippen LogP contribution in [-0.4, -0.2) is 5.54 Å². The maximum Gasteiger partial charge on any atom is 0.131 e. The number of nitrogens with one attached hydrogen (secondary N) is 1. The molecule has 0 saturated heterocycles. The molecule has 0 radical (unpaired) electrons. The molecule has 0 spiro atoms. The van der Waals surface area contributed by atoms with Gasteiger partial charge in [-0.3, -0.25) is 0 Å². The summed E-state index contributed by atoms with van der Waals surface area (Å²) >= 11 is 5.88. The summed E-state index contributed by atoms with van der Waals surface area (Å²) in [4.78, 5) is 0. The first-order valence-corrected chi connectivity index (χ1v) is 7.08. The molecular weight excluding hydrogens is 270 g/mol. The molecule has 2 nitrogen and oxygen atoms in total. The smallest absolute Gasteiger partial charge is 0.131 e. The second-order valence-corrected chi connectivity index (χ2v) is 6.20. The van der Waals surface area contributed by atoms with Gasteiger partial charge in [-0.15, -0.1) is 0 Å². The van der Waals surface area contributed by atoms with Crippen molar-refractivity contribution in [3.63, 3.8) is 0 Å². The Morgan fingerprint density at radius 1 is 1.00 bits per heavy atom. The largest absolute Gasteiger partial charge is 0.457 e. The third-order valence-electron chi connectivity index (χ3n) is 2.82. The van der Waals surface area contributed by atoms with Crippen LogP contribution >= 0.6 is 11.6 Å². The van der Waals surface area contributed by atoms with Crippen molar-refractivity contribution < 1.29 is 4.74 Å². The minimum Gasteiger partial charge on any atom is -0.457 e. The van der Waals surface area contributed by atoms with Crippen LogP contribution in [0.1, 0.15) is 26.3 Å². The maximum atomic E-state index is 5.93. The molecule has 0 atom stereocenters. The van der Waals surface area contributed by atoms with Gasteiger partial charge in [0.05, 0.1) is 0 Å². The lowest BCUT2D eigenvalue weighted by Crippen LogP contribution is -2.35. The van der Waals surface area contributed by atoms with E-state index in [4.69, 9.17) is 16.3 Å². The summed E-state index contributed by atoms with van der Waals surface area (Å²) in [6, 6.07) is 15.4. The second kappa shape index (κ2) is 6.29. The normalized spacial score (nSPS) is 11.4. The van der Waals surface area contributed by atoms with Crippen molar-refractivity contribution in [3.8, 4) is 11.5 Å². The molecule has 0 aliphatic rings. The van der Waals surface area contributed by atoms with E-state index in [1.54, 1.807) is 0 Å². The number of hydrogen-bond acceptors (Lipinski definition) is 2. The van der Waals surface area contributed by atoms with Crippen molar-refractivity contribution in [2.24, 2.45) is 0 Å². The van der Waals surface area contributed by atoms with Gasteiger partial charge in [-0.25, -0.2) is 0 Å².